The third kappa shape index (κ3) is 2.61. The molecular formula is C7H12N2O6S. The normalized spacial score (nSPS) is 21.7. The molecule has 1 amide bonds. The molecule has 0 radical (unpaired) electrons. The molecule has 0 aromatic heterocycles. The van der Waals surface area contributed by atoms with E-state index in [1.165, 1.54) is 0 Å². The summed E-state index contributed by atoms with van der Waals surface area (Å²) in [6, 6.07) is -1.12. The van der Waals surface area contributed by atoms with Gasteiger partial charge < -0.3 is 9.84 Å². The van der Waals surface area contributed by atoms with Gasteiger partial charge >= 0.3 is 22.3 Å². The lowest BCUT2D eigenvalue weighted by atomic mass is 10.2. The maximum atomic E-state index is 11.6. The van der Waals surface area contributed by atoms with E-state index >= 15 is 0 Å². The predicted molar refractivity (Wildman–Crippen MR) is 51.8 cm³/mol. The van der Waals surface area contributed by atoms with Crippen LogP contribution in [0.3, 0.4) is 0 Å². The molecule has 1 heterocycles. The van der Waals surface area contributed by atoms with Gasteiger partial charge in [0, 0.05) is 6.54 Å². The molecule has 9 heteroatoms. The second-order valence-corrected chi connectivity index (χ2v) is 4.83. The first-order chi connectivity index (χ1) is 7.38. The van der Waals surface area contributed by atoms with Gasteiger partial charge in [-0.1, -0.05) is 0 Å². The van der Waals surface area contributed by atoms with Gasteiger partial charge in [0.1, 0.15) is 6.04 Å². The van der Waals surface area contributed by atoms with Crippen molar-refractivity contribution in [2.24, 2.45) is 0 Å². The van der Waals surface area contributed by atoms with E-state index in [2.05, 4.69) is 4.74 Å². The first kappa shape index (κ1) is 12.7. The zero-order valence-electron chi connectivity index (χ0n) is 8.54. The summed E-state index contributed by atoms with van der Waals surface area (Å²) >= 11 is 0. The van der Waals surface area contributed by atoms with Gasteiger partial charge in [-0.05, 0) is 12.8 Å². The van der Waals surface area contributed by atoms with Crippen LogP contribution in [0.2, 0.25) is 0 Å². The highest BCUT2D eigenvalue weighted by Crippen LogP contribution is 2.20. The van der Waals surface area contributed by atoms with Gasteiger partial charge in [0.2, 0.25) is 0 Å². The molecule has 1 rings (SSSR count). The van der Waals surface area contributed by atoms with E-state index < -0.39 is 28.3 Å². The second kappa shape index (κ2) is 4.66. The number of aliphatic carboxylic acids is 1. The van der Waals surface area contributed by atoms with E-state index in [0.717, 1.165) is 11.4 Å². The van der Waals surface area contributed by atoms with Crippen molar-refractivity contribution in [1.29, 1.82) is 0 Å². The van der Waals surface area contributed by atoms with Gasteiger partial charge in [0.25, 0.3) is 0 Å². The van der Waals surface area contributed by atoms with Crippen LogP contribution in [0.15, 0.2) is 0 Å². The Kier molecular flexibility index (Phi) is 3.70. The van der Waals surface area contributed by atoms with E-state index in [4.69, 9.17) is 5.11 Å². The number of carboxylic acids is 1. The Morgan fingerprint density at radius 1 is 1.50 bits per heavy atom. The van der Waals surface area contributed by atoms with Gasteiger partial charge in [0.05, 0.1) is 7.11 Å². The molecule has 0 aromatic rings. The Bertz CT molecular complexity index is 392. The van der Waals surface area contributed by atoms with Gasteiger partial charge in [0.15, 0.2) is 0 Å². The van der Waals surface area contributed by atoms with Crippen molar-refractivity contribution in [3.63, 3.8) is 0 Å². The van der Waals surface area contributed by atoms with Crippen LogP contribution in [0.4, 0.5) is 4.79 Å². The third-order valence-electron chi connectivity index (χ3n) is 2.20. The molecule has 0 spiro atoms. The molecule has 0 aliphatic carbocycles. The number of nitrogens with one attached hydrogen (secondary N) is 1. The number of methoxy groups -OCH3 is 1. The molecular weight excluding hydrogens is 240 g/mol. The van der Waals surface area contributed by atoms with Crippen LogP contribution < -0.4 is 4.72 Å². The molecule has 16 heavy (non-hydrogen) atoms. The summed E-state index contributed by atoms with van der Waals surface area (Å²) < 4.78 is 29.6. The maximum Gasteiger partial charge on any atom is 0.421 e. The van der Waals surface area contributed by atoms with Crippen LogP contribution >= 0.6 is 0 Å². The topological polar surface area (TPSA) is 113 Å². The van der Waals surface area contributed by atoms with Crippen molar-refractivity contribution in [3.8, 4) is 0 Å². The van der Waals surface area contributed by atoms with Crippen molar-refractivity contribution >= 4 is 22.3 Å². The van der Waals surface area contributed by atoms with Crippen LogP contribution in [-0.2, 0) is 19.7 Å². The summed E-state index contributed by atoms with van der Waals surface area (Å²) in [5, 5.41) is 8.79. The summed E-state index contributed by atoms with van der Waals surface area (Å²) in [5.74, 6) is -1.23. The van der Waals surface area contributed by atoms with Crippen molar-refractivity contribution in [2.75, 3.05) is 13.7 Å². The average molecular weight is 252 g/mol. The number of rotatable bonds is 3. The number of ether oxygens (including phenoxy) is 1. The largest absolute Gasteiger partial charge is 0.480 e. The second-order valence-electron chi connectivity index (χ2n) is 3.21. The standard InChI is InChI=1S/C7H12N2O6S/c1-15-7(12)8-16(13,14)9-4-2-3-5(9)6(10)11/h5H,2-4H2,1H3,(H,8,12)(H,10,11). The quantitative estimate of drug-likeness (QED) is 0.675. The van der Waals surface area contributed by atoms with Crippen LogP contribution in [0, 0.1) is 0 Å². The Morgan fingerprint density at radius 3 is 2.62 bits per heavy atom. The average Bonchev–Trinajstić information content (AvgIpc) is 2.65. The molecule has 8 nitrogen and oxygen atoms in total. The summed E-state index contributed by atoms with van der Waals surface area (Å²) in [4.78, 5) is 21.5. The smallest absolute Gasteiger partial charge is 0.421 e. The van der Waals surface area contributed by atoms with E-state index in [9.17, 15) is 18.0 Å². The van der Waals surface area contributed by atoms with Crippen LogP contribution in [0.25, 0.3) is 0 Å². The number of carboxylic acid groups (broad SMARTS) is 1. The molecule has 0 saturated carbocycles. The van der Waals surface area contributed by atoms with E-state index in [0.29, 0.717) is 6.42 Å². The van der Waals surface area contributed by atoms with E-state index in [1.54, 1.807) is 4.72 Å². The maximum absolute atomic E-state index is 11.6. The molecule has 0 aromatic carbocycles. The van der Waals surface area contributed by atoms with Crippen LogP contribution in [0.5, 0.6) is 0 Å². The van der Waals surface area contributed by atoms with Gasteiger partial charge in [-0.2, -0.15) is 12.7 Å². The number of nitrogens with zero attached hydrogens (tertiary/aromatic N) is 1. The fraction of sp³-hybridized carbons (Fsp3) is 0.714. The minimum absolute atomic E-state index is 0.0727. The zero-order chi connectivity index (χ0) is 12.3. The molecule has 1 unspecified atom stereocenters. The highest BCUT2D eigenvalue weighted by Gasteiger charge is 2.39. The molecule has 1 fully saturated rings. The van der Waals surface area contributed by atoms with Crippen molar-refractivity contribution in [2.45, 2.75) is 18.9 Å². The SMILES string of the molecule is COC(=O)NS(=O)(=O)N1CCCC1C(=O)O. The molecule has 1 atom stereocenters. The Balaban J connectivity index is 2.83. The minimum Gasteiger partial charge on any atom is -0.480 e. The summed E-state index contributed by atoms with van der Waals surface area (Å²) in [7, 11) is -3.12. The van der Waals surface area contributed by atoms with Gasteiger partial charge in [-0.15, -0.1) is 0 Å². The highest BCUT2D eigenvalue weighted by atomic mass is 32.2. The molecule has 1 aliphatic heterocycles. The Hall–Kier alpha value is -1.35. The Labute approximate surface area is 92.4 Å². The van der Waals surface area contributed by atoms with Gasteiger partial charge in [-0.3, -0.25) is 4.79 Å². The van der Waals surface area contributed by atoms with Crippen LogP contribution in [0.1, 0.15) is 12.8 Å². The van der Waals surface area contributed by atoms with Crippen molar-refractivity contribution in [3.05, 3.63) is 0 Å². The summed E-state index contributed by atoms with van der Waals surface area (Å²) in [5.41, 5.74) is 0. The molecule has 0 bridgehead atoms. The molecule has 2 N–H and O–H groups in total. The van der Waals surface area contributed by atoms with E-state index in [-0.39, 0.29) is 13.0 Å². The lowest BCUT2D eigenvalue weighted by Gasteiger charge is -2.20. The van der Waals surface area contributed by atoms with Gasteiger partial charge in [-0.25, -0.2) is 9.52 Å². The van der Waals surface area contributed by atoms with E-state index in [1.807, 2.05) is 0 Å². The first-order valence-corrected chi connectivity index (χ1v) is 5.93. The minimum atomic E-state index is -4.14. The Morgan fingerprint density at radius 2 is 2.12 bits per heavy atom. The molecule has 92 valence electrons. The number of hydrogen-bond acceptors (Lipinski definition) is 5. The fourth-order valence-corrected chi connectivity index (χ4v) is 2.79. The first-order valence-electron chi connectivity index (χ1n) is 4.49. The molecule has 1 aliphatic rings. The lowest BCUT2D eigenvalue weighted by Crippen LogP contribution is -2.48. The predicted octanol–water partition coefficient (Wildman–Crippen LogP) is -0.864. The summed E-state index contributed by atoms with van der Waals surface area (Å²) in [6.07, 6.45) is -0.466. The number of carbonyl (C=O) groups excluding carboxylic acids is 1. The number of hydrogen-bond donors (Lipinski definition) is 2. The monoisotopic (exact) mass is 252 g/mol. The van der Waals surface area contributed by atoms with Crippen molar-refractivity contribution < 1.29 is 27.9 Å². The van der Waals surface area contributed by atoms with Crippen LogP contribution in [-0.4, -0.2) is 49.6 Å². The highest BCUT2D eigenvalue weighted by molar-refractivity contribution is 7.87. The third-order valence-corrected chi connectivity index (χ3v) is 3.67. The number of amides is 1. The fourth-order valence-electron chi connectivity index (χ4n) is 1.48. The summed E-state index contributed by atoms with van der Waals surface area (Å²) in [6.45, 7) is 0.0727. The number of carbonyl (C=O) groups is 2. The lowest BCUT2D eigenvalue weighted by molar-refractivity contribution is -0.140. The zero-order valence-corrected chi connectivity index (χ0v) is 9.36. The molecule has 1 saturated heterocycles. The van der Waals surface area contributed by atoms with Crippen molar-refractivity contribution in [1.82, 2.24) is 9.03 Å².